The maximum atomic E-state index is 12.5. The van der Waals surface area contributed by atoms with E-state index in [4.69, 9.17) is 4.74 Å². The van der Waals surface area contributed by atoms with Gasteiger partial charge in [0.15, 0.2) is 5.75 Å². The van der Waals surface area contributed by atoms with E-state index in [0.717, 1.165) is 58.5 Å². The van der Waals surface area contributed by atoms with Gasteiger partial charge in [0.1, 0.15) is 6.10 Å². The Labute approximate surface area is 210 Å². The molecule has 0 amide bonds. The Balaban J connectivity index is 1.47. The van der Waals surface area contributed by atoms with Crippen LogP contribution in [0.25, 0.3) is 0 Å². The number of ether oxygens (including phenoxy) is 1. The topological polar surface area (TPSA) is 65.0 Å². The molecule has 2 aliphatic heterocycles. The minimum atomic E-state index is -1.21. The lowest BCUT2D eigenvalue weighted by Gasteiger charge is -2.34. The normalized spacial score (nSPS) is 17.1. The SMILES string of the molecule is CC(O)C(=O)Oc1c(C(C)c2ccc(N3CCN(C)CC3)cc2)ccc2c1Nc1ccccc1S2. The number of aliphatic hydroxyl groups excluding tert-OH is 1. The predicted octanol–water partition coefficient (Wildman–Crippen LogP) is 5.08. The maximum absolute atomic E-state index is 12.5. The van der Waals surface area contributed by atoms with Crippen LogP contribution in [0.5, 0.6) is 5.75 Å². The number of nitrogens with one attached hydrogen (secondary N) is 1. The molecule has 0 bridgehead atoms. The van der Waals surface area contributed by atoms with Gasteiger partial charge < -0.3 is 25.0 Å². The third kappa shape index (κ3) is 4.89. The van der Waals surface area contributed by atoms with Crippen LogP contribution in [0.4, 0.5) is 17.1 Å². The van der Waals surface area contributed by atoms with Gasteiger partial charge in [-0.05, 0) is 49.9 Å². The van der Waals surface area contributed by atoms with Gasteiger partial charge in [-0.1, -0.05) is 49.0 Å². The Morgan fingerprint density at radius 2 is 1.69 bits per heavy atom. The number of hydrogen-bond donors (Lipinski definition) is 2. The number of esters is 1. The minimum absolute atomic E-state index is 0.0115. The van der Waals surface area contributed by atoms with Crippen LogP contribution < -0.4 is 15.0 Å². The molecule has 5 rings (SSSR count). The smallest absolute Gasteiger partial charge is 0.340 e. The van der Waals surface area contributed by atoms with Crippen molar-refractivity contribution in [2.45, 2.75) is 35.7 Å². The summed E-state index contributed by atoms with van der Waals surface area (Å²) in [5.74, 6) is -0.198. The van der Waals surface area contributed by atoms with Crippen molar-refractivity contribution in [1.29, 1.82) is 0 Å². The first-order chi connectivity index (χ1) is 16.9. The zero-order valence-corrected chi connectivity index (χ0v) is 21.1. The van der Waals surface area contributed by atoms with Crippen LogP contribution >= 0.6 is 11.8 Å². The Morgan fingerprint density at radius 1 is 0.971 bits per heavy atom. The molecule has 2 atom stereocenters. The van der Waals surface area contributed by atoms with Gasteiger partial charge in [0, 0.05) is 53.1 Å². The Kier molecular flexibility index (Phi) is 6.73. The van der Waals surface area contributed by atoms with Gasteiger partial charge in [-0.15, -0.1) is 0 Å². The summed E-state index contributed by atoms with van der Waals surface area (Å²) in [6, 6.07) is 20.9. The van der Waals surface area contributed by atoms with E-state index in [1.165, 1.54) is 12.6 Å². The fourth-order valence-electron chi connectivity index (χ4n) is 4.55. The summed E-state index contributed by atoms with van der Waals surface area (Å²) < 4.78 is 5.81. The number of benzene rings is 3. The number of carbonyl (C=O) groups excluding carboxylic acids is 1. The molecule has 35 heavy (non-hydrogen) atoms. The monoisotopic (exact) mass is 489 g/mol. The number of anilines is 3. The number of piperazine rings is 1. The molecule has 2 unspecified atom stereocenters. The number of aliphatic hydroxyl groups is 1. The highest BCUT2D eigenvalue weighted by Gasteiger charge is 2.27. The van der Waals surface area contributed by atoms with Crippen molar-refractivity contribution in [3.05, 3.63) is 71.8 Å². The van der Waals surface area contributed by atoms with Gasteiger partial charge in [0.2, 0.25) is 0 Å². The van der Waals surface area contributed by atoms with Crippen LogP contribution in [0.15, 0.2) is 70.5 Å². The maximum Gasteiger partial charge on any atom is 0.340 e. The first-order valence-corrected chi connectivity index (χ1v) is 12.9. The highest BCUT2D eigenvalue weighted by molar-refractivity contribution is 7.99. The number of hydrogen-bond acceptors (Lipinski definition) is 7. The number of rotatable bonds is 5. The molecule has 2 N–H and O–H groups in total. The van der Waals surface area contributed by atoms with E-state index in [9.17, 15) is 9.90 Å². The number of nitrogens with zero attached hydrogens (tertiary/aromatic N) is 2. The molecule has 6 nitrogen and oxygen atoms in total. The lowest BCUT2D eigenvalue weighted by Crippen LogP contribution is -2.44. The third-order valence-corrected chi connectivity index (χ3v) is 7.92. The van der Waals surface area contributed by atoms with E-state index in [2.05, 4.69) is 65.5 Å². The molecule has 0 saturated carbocycles. The van der Waals surface area contributed by atoms with Crippen LogP contribution in [0, 0.1) is 0 Å². The zero-order valence-electron chi connectivity index (χ0n) is 20.3. The lowest BCUT2D eigenvalue weighted by atomic mass is 9.91. The second kappa shape index (κ2) is 9.93. The standard InChI is InChI=1S/C28H31N3O3S/c1-18(20-8-10-21(11-9-20)31-16-14-30(3)15-17-31)22-12-13-25-26(27(22)34-28(33)19(2)32)29-23-6-4-5-7-24(23)35-25/h4-13,18-19,29,32H,14-17H2,1-3H3. The number of carbonyl (C=O) groups is 1. The minimum Gasteiger partial charge on any atom is -0.422 e. The molecule has 7 heteroatoms. The van der Waals surface area contributed by atoms with Crippen LogP contribution in [0.1, 0.15) is 30.9 Å². The van der Waals surface area contributed by atoms with Crippen molar-refractivity contribution in [2.24, 2.45) is 0 Å². The van der Waals surface area contributed by atoms with Crippen LogP contribution in [-0.2, 0) is 4.79 Å². The molecule has 2 heterocycles. The summed E-state index contributed by atoms with van der Waals surface area (Å²) in [5, 5.41) is 13.3. The van der Waals surface area contributed by atoms with Gasteiger partial charge >= 0.3 is 5.97 Å². The van der Waals surface area contributed by atoms with E-state index in [1.807, 2.05) is 24.3 Å². The van der Waals surface area contributed by atoms with Crippen LogP contribution in [0.2, 0.25) is 0 Å². The van der Waals surface area contributed by atoms with Gasteiger partial charge in [-0.2, -0.15) is 0 Å². The Bertz CT molecular complexity index is 1220. The highest BCUT2D eigenvalue weighted by Crippen LogP contribution is 2.50. The lowest BCUT2D eigenvalue weighted by molar-refractivity contribution is -0.142. The van der Waals surface area contributed by atoms with E-state index < -0.39 is 12.1 Å². The van der Waals surface area contributed by atoms with Gasteiger partial charge in [0.25, 0.3) is 0 Å². The van der Waals surface area contributed by atoms with Crippen molar-refractivity contribution in [3.63, 3.8) is 0 Å². The first-order valence-electron chi connectivity index (χ1n) is 12.0. The molecule has 0 aliphatic carbocycles. The van der Waals surface area contributed by atoms with Gasteiger partial charge in [-0.25, -0.2) is 4.79 Å². The molecule has 0 aromatic heterocycles. The highest BCUT2D eigenvalue weighted by atomic mass is 32.2. The molecular formula is C28H31N3O3S. The van der Waals surface area contributed by atoms with E-state index in [0.29, 0.717) is 5.75 Å². The second-order valence-electron chi connectivity index (χ2n) is 9.28. The molecule has 2 aliphatic rings. The van der Waals surface area contributed by atoms with Gasteiger partial charge in [-0.3, -0.25) is 0 Å². The fraction of sp³-hybridized carbons (Fsp3) is 0.321. The second-order valence-corrected chi connectivity index (χ2v) is 10.4. The third-order valence-electron chi connectivity index (χ3n) is 6.79. The largest absolute Gasteiger partial charge is 0.422 e. The van der Waals surface area contributed by atoms with E-state index in [1.54, 1.807) is 11.8 Å². The van der Waals surface area contributed by atoms with Gasteiger partial charge in [0.05, 0.1) is 11.4 Å². The molecule has 1 fully saturated rings. The average Bonchev–Trinajstić information content (AvgIpc) is 2.88. The van der Waals surface area contributed by atoms with Crippen molar-refractivity contribution in [3.8, 4) is 5.75 Å². The molecule has 1 saturated heterocycles. The summed E-state index contributed by atoms with van der Waals surface area (Å²) in [6.07, 6.45) is -1.21. The summed E-state index contributed by atoms with van der Waals surface area (Å²) in [4.78, 5) is 19.4. The van der Waals surface area contributed by atoms with E-state index in [-0.39, 0.29) is 5.92 Å². The number of fused-ring (bicyclic) bond motifs is 2. The van der Waals surface area contributed by atoms with Crippen molar-refractivity contribution in [1.82, 2.24) is 4.90 Å². The Hall–Kier alpha value is -3.00. The van der Waals surface area contributed by atoms with E-state index >= 15 is 0 Å². The van der Waals surface area contributed by atoms with Crippen molar-refractivity contribution >= 4 is 34.8 Å². The molecular weight excluding hydrogens is 458 g/mol. The number of likely N-dealkylation sites (N-methyl/N-ethyl adjacent to an activating group) is 1. The summed E-state index contributed by atoms with van der Waals surface area (Å²) >= 11 is 1.64. The van der Waals surface area contributed by atoms with Crippen LogP contribution in [-0.4, -0.2) is 55.3 Å². The summed E-state index contributed by atoms with van der Waals surface area (Å²) in [6.45, 7) is 7.74. The summed E-state index contributed by atoms with van der Waals surface area (Å²) in [7, 11) is 2.16. The molecule has 3 aromatic carbocycles. The van der Waals surface area contributed by atoms with Crippen molar-refractivity contribution in [2.75, 3.05) is 43.4 Å². The predicted molar refractivity (Wildman–Crippen MR) is 141 cm³/mol. The zero-order chi connectivity index (χ0) is 24.5. The van der Waals surface area contributed by atoms with Crippen LogP contribution in [0.3, 0.4) is 0 Å². The molecule has 3 aromatic rings. The molecule has 182 valence electrons. The average molecular weight is 490 g/mol. The first kappa shape index (κ1) is 23.7. The fourth-order valence-corrected chi connectivity index (χ4v) is 5.55. The molecule has 0 spiro atoms. The molecule has 0 radical (unpaired) electrons. The quantitative estimate of drug-likeness (QED) is 0.299. The number of para-hydroxylation sites is 1. The van der Waals surface area contributed by atoms with Crippen molar-refractivity contribution < 1.29 is 14.6 Å². The summed E-state index contributed by atoms with van der Waals surface area (Å²) in [5.41, 5.74) is 5.01. The Morgan fingerprint density at radius 3 is 2.40 bits per heavy atom.